The van der Waals surface area contributed by atoms with E-state index in [0.717, 1.165) is 18.1 Å². The molecule has 1 aromatic heterocycles. The van der Waals surface area contributed by atoms with Gasteiger partial charge in [-0.2, -0.15) is 11.8 Å². The van der Waals surface area contributed by atoms with Gasteiger partial charge in [0, 0.05) is 24.8 Å². The molecule has 0 atom stereocenters. The summed E-state index contributed by atoms with van der Waals surface area (Å²) in [5.74, 6) is 2.57. The molecule has 1 rings (SSSR count). The summed E-state index contributed by atoms with van der Waals surface area (Å²) in [5, 5.41) is 0. The van der Waals surface area contributed by atoms with Gasteiger partial charge in [-0.25, -0.2) is 4.98 Å². The van der Waals surface area contributed by atoms with Gasteiger partial charge in [0.15, 0.2) is 0 Å². The third-order valence-electron chi connectivity index (χ3n) is 1.55. The molecule has 4 heteroatoms. The van der Waals surface area contributed by atoms with Crippen molar-refractivity contribution in [2.75, 3.05) is 25.2 Å². The first-order valence-corrected chi connectivity index (χ1v) is 5.25. The number of rotatable bonds is 5. The van der Waals surface area contributed by atoms with Gasteiger partial charge in [-0.1, -0.05) is 0 Å². The summed E-state index contributed by atoms with van der Waals surface area (Å²) in [6.07, 6.45) is 1.74. The van der Waals surface area contributed by atoms with Crippen LogP contribution in [-0.2, 0) is 10.5 Å². The Hall–Kier alpha value is -0.740. The highest BCUT2D eigenvalue weighted by molar-refractivity contribution is 7.98. The Labute approximate surface area is 82.7 Å². The summed E-state index contributed by atoms with van der Waals surface area (Å²) < 4.78 is 4.95. The van der Waals surface area contributed by atoms with E-state index in [4.69, 9.17) is 10.5 Å². The molecule has 0 bridgehead atoms. The Morgan fingerprint density at radius 1 is 1.62 bits per heavy atom. The molecule has 0 fully saturated rings. The summed E-state index contributed by atoms with van der Waals surface area (Å²) in [6, 6.07) is 3.88. The minimum atomic E-state index is 0.588. The van der Waals surface area contributed by atoms with Crippen LogP contribution in [0.2, 0.25) is 0 Å². The van der Waals surface area contributed by atoms with E-state index in [-0.39, 0.29) is 0 Å². The molecule has 0 spiro atoms. The van der Waals surface area contributed by atoms with Crippen LogP contribution in [0.5, 0.6) is 0 Å². The minimum absolute atomic E-state index is 0.588. The summed E-state index contributed by atoms with van der Waals surface area (Å²) in [4.78, 5) is 3.93. The van der Waals surface area contributed by atoms with Crippen molar-refractivity contribution in [3.8, 4) is 0 Å². The fourth-order valence-corrected chi connectivity index (χ4v) is 1.76. The number of ether oxygens (including phenoxy) is 1. The Balaban J connectivity index is 2.28. The van der Waals surface area contributed by atoms with E-state index >= 15 is 0 Å². The van der Waals surface area contributed by atoms with Crippen molar-refractivity contribution in [3.05, 3.63) is 23.9 Å². The van der Waals surface area contributed by atoms with Crippen LogP contribution < -0.4 is 5.73 Å². The van der Waals surface area contributed by atoms with Gasteiger partial charge >= 0.3 is 0 Å². The minimum Gasteiger partial charge on any atom is -0.384 e. The van der Waals surface area contributed by atoms with Gasteiger partial charge < -0.3 is 10.5 Å². The lowest BCUT2D eigenvalue weighted by Gasteiger charge is -2.01. The highest BCUT2D eigenvalue weighted by Gasteiger charge is 1.94. The highest BCUT2D eigenvalue weighted by atomic mass is 32.2. The third-order valence-corrected chi connectivity index (χ3v) is 2.54. The first kappa shape index (κ1) is 10.3. The molecule has 0 aliphatic carbocycles. The molecule has 0 aliphatic heterocycles. The van der Waals surface area contributed by atoms with Gasteiger partial charge in [-0.15, -0.1) is 0 Å². The fourth-order valence-electron chi connectivity index (χ4n) is 0.916. The predicted molar refractivity (Wildman–Crippen MR) is 56.7 cm³/mol. The second-order valence-electron chi connectivity index (χ2n) is 2.63. The van der Waals surface area contributed by atoms with E-state index in [1.807, 2.05) is 23.9 Å². The second kappa shape index (κ2) is 5.83. The number of nitrogen functional groups attached to an aromatic ring is 1. The predicted octanol–water partition coefficient (Wildman–Crippen LogP) is 1.54. The average Bonchev–Trinajstić information content (AvgIpc) is 2.13. The Morgan fingerprint density at radius 2 is 2.46 bits per heavy atom. The van der Waals surface area contributed by atoms with E-state index in [9.17, 15) is 0 Å². The van der Waals surface area contributed by atoms with E-state index in [1.54, 1.807) is 13.3 Å². The van der Waals surface area contributed by atoms with Gasteiger partial charge in [0.1, 0.15) is 5.82 Å². The standard InChI is InChI=1S/C9H14N2OS/c1-12-4-5-13-7-8-2-3-11-9(10)6-8/h2-3,6H,4-5,7H2,1H3,(H2,10,11). The van der Waals surface area contributed by atoms with Crippen LogP contribution in [0.15, 0.2) is 18.3 Å². The number of nitrogens with two attached hydrogens (primary N) is 1. The lowest BCUT2D eigenvalue weighted by Crippen LogP contribution is -1.94. The van der Waals surface area contributed by atoms with Crippen LogP contribution in [0.25, 0.3) is 0 Å². The molecule has 2 N–H and O–H groups in total. The van der Waals surface area contributed by atoms with Crippen LogP contribution in [0.1, 0.15) is 5.56 Å². The molecule has 72 valence electrons. The summed E-state index contributed by atoms with van der Waals surface area (Å²) in [5.41, 5.74) is 6.76. The van der Waals surface area contributed by atoms with Gasteiger partial charge in [0.25, 0.3) is 0 Å². The van der Waals surface area contributed by atoms with Crippen LogP contribution >= 0.6 is 11.8 Å². The highest BCUT2D eigenvalue weighted by Crippen LogP contribution is 2.12. The molecule has 0 unspecified atom stereocenters. The van der Waals surface area contributed by atoms with Crippen molar-refractivity contribution in [1.29, 1.82) is 0 Å². The number of methoxy groups -OCH3 is 1. The Morgan fingerprint density at radius 3 is 3.15 bits per heavy atom. The fraction of sp³-hybridized carbons (Fsp3) is 0.444. The number of nitrogens with zero attached hydrogens (tertiary/aromatic N) is 1. The number of hydrogen-bond acceptors (Lipinski definition) is 4. The first-order valence-electron chi connectivity index (χ1n) is 4.10. The van der Waals surface area contributed by atoms with E-state index < -0.39 is 0 Å². The lowest BCUT2D eigenvalue weighted by molar-refractivity contribution is 0.218. The van der Waals surface area contributed by atoms with Gasteiger partial charge in [0.05, 0.1) is 6.61 Å². The van der Waals surface area contributed by atoms with Gasteiger partial charge in [0.2, 0.25) is 0 Å². The number of hydrogen-bond donors (Lipinski definition) is 1. The Kier molecular flexibility index (Phi) is 4.64. The molecule has 0 aromatic carbocycles. The molecule has 1 heterocycles. The molecule has 0 radical (unpaired) electrons. The number of thioether (sulfide) groups is 1. The molecule has 0 amide bonds. The molecule has 1 aromatic rings. The van der Waals surface area contributed by atoms with E-state index in [1.165, 1.54) is 5.56 Å². The molecule has 0 saturated carbocycles. The monoisotopic (exact) mass is 198 g/mol. The average molecular weight is 198 g/mol. The van der Waals surface area contributed by atoms with Gasteiger partial charge in [-0.3, -0.25) is 0 Å². The molecule has 0 saturated heterocycles. The quantitative estimate of drug-likeness (QED) is 0.729. The van der Waals surface area contributed by atoms with Gasteiger partial charge in [-0.05, 0) is 17.7 Å². The first-order chi connectivity index (χ1) is 6.33. The summed E-state index contributed by atoms with van der Waals surface area (Å²) >= 11 is 1.83. The molecule has 3 nitrogen and oxygen atoms in total. The van der Waals surface area contributed by atoms with E-state index in [2.05, 4.69) is 4.98 Å². The lowest BCUT2D eigenvalue weighted by atomic mass is 10.3. The number of aromatic nitrogens is 1. The maximum Gasteiger partial charge on any atom is 0.123 e. The number of pyridine rings is 1. The van der Waals surface area contributed by atoms with Crippen LogP contribution in [-0.4, -0.2) is 24.5 Å². The molecular weight excluding hydrogens is 184 g/mol. The smallest absolute Gasteiger partial charge is 0.123 e. The number of anilines is 1. The zero-order chi connectivity index (χ0) is 9.52. The van der Waals surface area contributed by atoms with Crippen molar-refractivity contribution >= 4 is 17.6 Å². The maximum atomic E-state index is 5.54. The normalized spacial score (nSPS) is 10.2. The van der Waals surface area contributed by atoms with Crippen molar-refractivity contribution in [2.45, 2.75) is 5.75 Å². The summed E-state index contributed by atoms with van der Waals surface area (Å²) in [6.45, 7) is 0.797. The maximum absolute atomic E-state index is 5.54. The second-order valence-corrected chi connectivity index (χ2v) is 3.74. The molecular formula is C9H14N2OS. The zero-order valence-corrected chi connectivity index (χ0v) is 8.51. The van der Waals surface area contributed by atoms with Crippen molar-refractivity contribution in [3.63, 3.8) is 0 Å². The zero-order valence-electron chi connectivity index (χ0n) is 7.69. The van der Waals surface area contributed by atoms with Crippen molar-refractivity contribution in [2.24, 2.45) is 0 Å². The van der Waals surface area contributed by atoms with Crippen LogP contribution in [0.4, 0.5) is 5.82 Å². The Bertz CT molecular complexity index is 255. The third kappa shape index (κ3) is 4.15. The van der Waals surface area contributed by atoms with Crippen LogP contribution in [0.3, 0.4) is 0 Å². The summed E-state index contributed by atoms with van der Waals surface area (Å²) in [7, 11) is 1.71. The van der Waals surface area contributed by atoms with E-state index in [0.29, 0.717) is 5.82 Å². The van der Waals surface area contributed by atoms with Crippen LogP contribution in [0, 0.1) is 0 Å². The topological polar surface area (TPSA) is 48.1 Å². The van der Waals surface area contributed by atoms with Crippen molar-refractivity contribution in [1.82, 2.24) is 4.98 Å². The SMILES string of the molecule is COCCSCc1ccnc(N)c1. The van der Waals surface area contributed by atoms with Crippen molar-refractivity contribution < 1.29 is 4.74 Å². The molecule has 0 aliphatic rings. The molecule has 13 heavy (non-hydrogen) atoms. The largest absolute Gasteiger partial charge is 0.384 e.